The third-order valence-corrected chi connectivity index (χ3v) is 3.87. The van der Waals surface area contributed by atoms with Crippen LogP contribution in [0.1, 0.15) is 40.5 Å². The lowest BCUT2D eigenvalue weighted by Crippen LogP contribution is -2.49. The highest BCUT2D eigenvalue weighted by Crippen LogP contribution is 2.25. The highest BCUT2D eigenvalue weighted by molar-refractivity contribution is 4.83. The van der Waals surface area contributed by atoms with E-state index in [0.29, 0.717) is 0 Å². The molecule has 0 aromatic carbocycles. The molecular weight excluding hydrogens is 184 g/mol. The quantitative estimate of drug-likeness (QED) is 0.769. The topological polar surface area (TPSA) is 15.3 Å². The molecule has 0 saturated carbocycles. The summed E-state index contributed by atoms with van der Waals surface area (Å²) in [5, 5.41) is 3.38. The van der Waals surface area contributed by atoms with Crippen molar-refractivity contribution in [2.45, 2.75) is 46.1 Å². The van der Waals surface area contributed by atoms with Gasteiger partial charge in [-0.1, -0.05) is 13.8 Å². The SMILES string of the molecule is CNC(C)(C)CN1CCC(C(C)C)CC1. The molecule has 1 aliphatic rings. The Hall–Kier alpha value is -0.0800. The Kier molecular flexibility index (Phi) is 4.60. The summed E-state index contributed by atoms with van der Waals surface area (Å²) in [5.41, 5.74) is 0.255. The molecule has 1 aliphatic heterocycles. The summed E-state index contributed by atoms with van der Waals surface area (Å²) in [7, 11) is 2.06. The maximum absolute atomic E-state index is 3.38. The lowest BCUT2D eigenvalue weighted by molar-refractivity contribution is 0.129. The van der Waals surface area contributed by atoms with Crippen molar-refractivity contribution in [3.63, 3.8) is 0 Å². The second kappa shape index (κ2) is 5.31. The molecule has 2 heteroatoms. The fourth-order valence-corrected chi connectivity index (χ4v) is 2.42. The third kappa shape index (κ3) is 4.12. The molecule has 0 radical (unpaired) electrons. The van der Waals surface area contributed by atoms with E-state index in [1.165, 1.54) is 32.5 Å². The minimum atomic E-state index is 0.255. The van der Waals surface area contributed by atoms with Crippen molar-refractivity contribution >= 4 is 0 Å². The predicted octanol–water partition coefficient (Wildman–Crippen LogP) is 2.35. The van der Waals surface area contributed by atoms with Crippen LogP contribution < -0.4 is 5.32 Å². The molecule has 0 aromatic heterocycles. The first-order valence-corrected chi connectivity index (χ1v) is 6.36. The first kappa shape index (κ1) is 13.0. The molecule has 0 atom stereocenters. The zero-order chi connectivity index (χ0) is 11.5. The average molecular weight is 212 g/mol. The van der Waals surface area contributed by atoms with Crippen LogP contribution in [0.15, 0.2) is 0 Å². The van der Waals surface area contributed by atoms with Crippen LogP contribution in [0, 0.1) is 11.8 Å². The summed E-state index contributed by atoms with van der Waals surface area (Å²) in [6.45, 7) is 13.0. The van der Waals surface area contributed by atoms with Crippen LogP contribution >= 0.6 is 0 Å². The van der Waals surface area contributed by atoms with Gasteiger partial charge in [0.2, 0.25) is 0 Å². The van der Waals surface area contributed by atoms with E-state index in [1.807, 2.05) is 0 Å². The highest BCUT2D eigenvalue weighted by Gasteiger charge is 2.25. The standard InChI is InChI=1S/C13H28N2/c1-11(2)12-6-8-15(9-7-12)10-13(3,4)14-5/h11-12,14H,6-10H2,1-5H3. The number of rotatable bonds is 4. The van der Waals surface area contributed by atoms with Crippen LogP contribution in [-0.4, -0.2) is 37.1 Å². The van der Waals surface area contributed by atoms with Crippen LogP contribution in [0.4, 0.5) is 0 Å². The molecule has 0 spiro atoms. The van der Waals surface area contributed by atoms with E-state index < -0.39 is 0 Å². The van der Waals surface area contributed by atoms with Crippen LogP contribution in [0.5, 0.6) is 0 Å². The van der Waals surface area contributed by atoms with Gasteiger partial charge in [0.05, 0.1) is 0 Å². The minimum Gasteiger partial charge on any atom is -0.314 e. The monoisotopic (exact) mass is 212 g/mol. The summed E-state index contributed by atoms with van der Waals surface area (Å²) in [5.74, 6) is 1.82. The Morgan fingerprint density at radius 2 is 1.80 bits per heavy atom. The van der Waals surface area contributed by atoms with Crippen molar-refractivity contribution in [1.29, 1.82) is 0 Å². The normalized spacial score (nSPS) is 21.2. The summed E-state index contributed by atoms with van der Waals surface area (Å²) in [6, 6.07) is 0. The molecular formula is C13H28N2. The van der Waals surface area contributed by atoms with E-state index in [-0.39, 0.29) is 5.54 Å². The Labute approximate surface area is 95.4 Å². The first-order valence-electron chi connectivity index (χ1n) is 6.36. The molecule has 1 saturated heterocycles. The molecule has 2 nitrogen and oxygen atoms in total. The van der Waals surface area contributed by atoms with Crippen molar-refractivity contribution in [3.05, 3.63) is 0 Å². The van der Waals surface area contributed by atoms with Crippen LogP contribution in [0.2, 0.25) is 0 Å². The van der Waals surface area contributed by atoms with Gasteiger partial charge in [-0.15, -0.1) is 0 Å². The molecule has 15 heavy (non-hydrogen) atoms. The van der Waals surface area contributed by atoms with Crippen molar-refractivity contribution < 1.29 is 0 Å². The van der Waals surface area contributed by atoms with Gasteiger partial charge in [-0.3, -0.25) is 0 Å². The lowest BCUT2D eigenvalue weighted by Gasteiger charge is -2.38. The van der Waals surface area contributed by atoms with E-state index in [4.69, 9.17) is 0 Å². The molecule has 0 amide bonds. The van der Waals surface area contributed by atoms with Crippen molar-refractivity contribution in [3.8, 4) is 0 Å². The first-order chi connectivity index (χ1) is 6.94. The molecule has 90 valence electrons. The molecule has 1 rings (SSSR count). The summed E-state index contributed by atoms with van der Waals surface area (Å²) < 4.78 is 0. The Morgan fingerprint density at radius 1 is 1.27 bits per heavy atom. The van der Waals surface area contributed by atoms with E-state index in [9.17, 15) is 0 Å². The Morgan fingerprint density at radius 3 is 2.20 bits per heavy atom. The van der Waals surface area contributed by atoms with Gasteiger partial charge in [0, 0.05) is 12.1 Å². The van der Waals surface area contributed by atoms with Crippen molar-refractivity contribution in [2.75, 3.05) is 26.7 Å². The van der Waals surface area contributed by atoms with E-state index in [0.717, 1.165) is 11.8 Å². The molecule has 1 heterocycles. The third-order valence-electron chi connectivity index (χ3n) is 3.87. The maximum atomic E-state index is 3.38. The van der Waals surface area contributed by atoms with Gasteiger partial charge >= 0.3 is 0 Å². The Bertz CT molecular complexity index is 179. The van der Waals surface area contributed by atoms with Crippen LogP contribution in [0.3, 0.4) is 0 Å². The molecule has 0 aromatic rings. The zero-order valence-electron chi connectivity index (χ0n) is 11.1. The van der Waals surface area contributed by atoms with Crippen LogP contribution in [-0.2, 0) is 0 Å². The Balaban J connectivity index is 2.32. The fraction of sp³-hybridized carbons (Fsp3) is 1.00. The van der Waals surface area contributed by atoms with E-state index >= 15 is 0 Å². The number of hydrogen-bond acceptors (Lipinski definition) is 2. The maximum Gasteiger partial charge on any atom is 0.0249 e. The van der Waals surface area contributed by atoms with Gasteiger partial charge in [0.25, 0.3) is 0 Å². The van der Waals surface area contributed by atoms with Gasteiger partial charge < -0.3 is 10.2 Å². The summed E-state index contributed by atoms with van der Waals surface area (Å²) in [4.78, 5) is 2.61. The number of hydrogen-bond donors (Lipinski definition) is 1. The van der Waals surface area contributed by atoms with E-state index in [1.54, 1.807) is 0 Å². The molecule has 0 bridgehead atoms. The number of piperidine rings is 1. The largest absolute Gasteiger partial charge is 0.314 e. The predicted molar refractivity (Wildman–Crippen MR) is 67.1 cm³/mol. The minimum absolute atomic E-state index is 0.255. The number of likely N-dealkylation sites (tertiary alicyclic amines) is 1. The number of likely N-dealkylation sites (N-methyl/N-ethyl adjacent to an activating group) is 1. The molecule has 1 fully saturated rings. The summed E-state index contributed by atoms with van der Waals surface area (Å²) >= 11 is 0. The summed E-state index contributed by atoms with van der Waals surface area (Å²) in [6.07, 6.45) is 2.77. The lowest BCUT2D eigenvalue weighted by atomic mass is 9.86. The van der Waals surface area contributed by atoms with Gasteiger partial charge in [0.1, 0.15) is 0 Å². The van der Waals surface area contributed by atoms with Gasteiger partial charge in [-0.05, 0) is 58.7 Å². The number of nitrogens with zero attached hydrogens (tertiary/aromatic N) is 1. The average Bonchev–Trinajstić information content (AvgIpc) is 2.18. The van der Waals surface area contributed by atoms with Crippen molar-refractivity contribution in [2.24, 2.45) is 11.8 Å². The van der Waals surface area contributed by atoms with E-state index in [2.05, 4.69) is 45.0 Å². The molecule has 0 unspecified atom stereocenters. The van der Waals surface area contributed by atoms with Gasteiger partial charge in [0.15, 0.2) is 0 Å². The smallest absolute Gasteiger partial charge is 0.0249 e. The second-order valence-corrected chi connectivity index (χ2v) is 5.99. The molecule has 1 N–H and O–H groups in total. The fourth-order valence-electron chi connectivity index (χ4n) is 2.42. The van der Waals surface area contributed by atoms with Gasteiger partial charge in [-0.2, -0.15) is 0 Å². The highest BCUT2D eigenvalue weighted by atomic mass is 15.2. The van der Waals surface area contributed by atoms with Crippen molar-refractivity contribution in [1.82, 2.24) is 10.2 Å². The zero-order valence-corrected chi connectivity index (χ0v) is 11.1. The van der Waals surface area contributed by atoms with Crippen LogP contribution in [0.25, 0.3) is 0 Å². The number of nitrogens with one attached hydrogen (secondary N) is 1. The molecule has 0 aliphatic carbocycles. The van der Waals surface area contributed by atoms with Gasteiger partial charge in [-0.25, -0.2) is 0 Å². The second-order valence-electron chi connectivity index (χ2n) is 5.99.